The van der Waals surface area contributed by atoms with Gasteiger partial charge in [0.15, 0.2) is 9.84 Å². The Hall–Kier alpha value is -1.89. The average Bonchev–Trinajstić information content (AvgIpc) is 2.94. The van der Waals surface area contributed by atoms with E-state index in [0.29, 0.717) is 11.9 Å². The van der Waals surface area contributed by atoms with Gasteiger partial charge in [0.25, 0.3) is 0 Å². The SMILES string of the molecule is CC(C(=O)O)C1CCc2cc3cncc(S(C)(=O)=O)c3n21. The summed E-state index contributed by atoms with van der Waals surface area (Å²) in [5.74, 6) is -1.44. The van der Waals surface area contributed by atoms with Crippen LogP contribution in [0.4, 0.5) is 0 Å². The largest absolute Gasteiger partial charge is 0.481 e. The molecule has 1 aliphatic rings. The Labute approximate surface area is 122 Å². The van der Waals surface area contributed by atoms with Crippen LogP contribution in [0.3, 0.4) is 0 Å². The summed E-state index contributed by atoms with van der Waals surface area (Å²) in [5, 5.41) is 10.0. The van der Waals surface area contributed by atoms with Gasteiger partial charge in [-0.3, -0.25) is 9.78 Å². The van der Waals surface area contributed by atoms with Crippen molar-refractivity contribution in [2.45, 2.75) is 30.7 Å². The van der Waals surface area contributed by atoms with Crippen molar-refractivity contribution >= 4 is 26.7 Å². The number of aliphatic carboxylic acids is 1. The summed E-state index contributed by atoms with van der Waals surface area (Å²) in [6, 6.07) is 1.68. The number of fused-ring (bicyclic) bond motifs is 3. The predicted molar refractivity (Wildman–Crippen MR) is 77.0 cm³/mol. The molecule has 0 fully saturated rings. The van der Waals surface area contributed by atoms with Gasteiger partial charge in [0.1, 0.15) is 4.90 Å². The minimum absolute atomic E-state index is 0.163. The molecular formula is C14H16N2O4S. The number of nitrogens with zero attached hydrogens (tertiary/aromatic N) is 2. The van der Waals surface area contributed by atoms with Crippen LogP contribution >= 0.6 is 0 Å². The van der Waals surface area contributed by atoms with Crippen molar-refractivity contribution in [2.75, 3.05) is 6.26 Å². The third-order valence-corrected chi connectivity index (χ3v) is 5.28. The Morgan fingerprint density at radius 1 is 1.48 bits per heavy atom. The second kappa shape index (κ2) is 4.56. The van der Waals surface area contributed by atoms with Crippen molar-refractivity contribution in [3.05, 3.63) is 24.2 Å². The van der Waals surface area contributed by atoms with Crippen LogP contribution in [0.5, 0.6) is 0 Å². The number of carbonyl (C=O) groups is 1. The van der Waals surface area contributed by atoms with Crippen molar-refractivity contribution in [1.82, 2.24) is 9.55 Å². The Balaban J connectivity index is 2.30. The second-order valence-corrected chi connectivity index (χ2v) is 7.57. The predicted octanol–water partition coefficient (Wildman–Crippen LogP) is 1.65. The maximum Gasteiger partial charge on any atom is 0.308 e. The highest BCUT2D eigenvalue weighted by atomic mass is 32.2. The lowest BCUT2D eigenvalue weighted by molar-refractivity contribution is -0.142. The van der Waals surface area contributed by atoms with E-state index in [4.69, 9.17) is 0 Å². The van der Waals surface area contributed by atoms with Crippen LogP contribution in [0.25, 0.3) is 10.9 Å². The van der Waals surface area contributed by atoms with Crippen LogP contribution in [-0.2, 0) is 21.1 Å². The van der Waals surface area contributed by atoms with Gasteiger partial charge in [-0.2, -0.15) is 0 Å². The van der Waals surface area contributed by atoms with Crippen LogP contribution in [-0.4, -0.2) is 35.3 Å². The summed E-state index contributed by atoms with van der Waals surface area (Å²) in [6.07, 6.45) is 5.57. The molecule has 1 N–H and O–H groups in total. The zero-order valence-electron chi connectivity index (χ0n) is 11.8. The molecule has 2 atom stereocenters. The van der Waals surface area contributed by atoms with E-state index >= 15 is 0 Å². The highest BCUT2D eigenvalue weighted by Crippen LogP contribution is 2.39. The molecule has 21 heavy (non-hydrogen) atoms. The van der Waals surface area contributed by atoms with Gasteiger partial charge >= 0.3 is 5.97 Å². The molecule has 2 aromatic rings. The third-order valence-electron chi connectivity index (χ3n) is 4.18. The summed E-state index contributed by atoms with van der Waals surface area (Å²) in [5.41, 5.74) is 1.55. The van der Waals surface area contributed by atoms with Crippen molar-refractivity contribution in [3.63, 3.8) is 0 Å². The fourth-order valence-corrected chi connectivity index (χ4v) is 3.93. The number of carboxylic acids is 1. The lowest BCUT2D eigenvalue weighted by Gasteiger charge is -2.20. The molecule has 0 saturated heterocycles. The topological polar surface area (TPSA) is 89.3 Å². The first-order valence-corrected chi connectivity index (χ1v) is 8.60. The van der Waals surface area contributed by atoms with E-state index in [0.717, 1.165) is 23.8 Å². The molecule has 3 heterocycles. The summed E-state index contributed by atoms with van der Waals surface area (Å²) in [6.45, 7) is 1.66. The van der Waals surface area contributed by atoms with E-state index < -0.39 is 21.7 Å². The van der Waals surface area contributed by atoms with Gasteiger partial charge in [-0.1, -0.05) is 0 Å². The van der Waals surface area contributed by atoms with Gasteiger partial charge in [0.2, 0.25) is 0 Å². The maximum absolute atomic E-state index is 12.0. The van der Waals surface area contributed by atoms with Gasteiger partial charge in [-0.15, -0.1) is 0 Å². The normalized spacial score (nSPS) is 19.6. The Morgan fingerprint density at radius 2 is 2.19 bits per heavy atom. The van der Waals surface area contributed by atoms with Gasteiger partial charge < -0.3 is 9.67 Å². The number of hydrogen-bond donors (Lipinski definition) is 1. The highest BCUT2D eigenvalue weighted by molar-refractivity contribution is 7.91. The fourth-order valence-electron chi connectivity index (χ4n) is 3.11. The van der Waals surface area contributed by atoms with Crippen molar-refractivity contribution in [3.8, 4) is 0 Å². The molecule has 1 aliphatic heterocycles. The van der Waals surface area contributed by atoms with Crippen molar-refractivity contribution in [2.24, 2.45) is 5.92 Å². The van der Waals surface area contributed by atoms with Crippen LogP contribution in [0.1, 0.15) is 25.1 Å². The lowest BCUT2D eigenvalue weighted by atomic mass is 9.99. The molecule has 112 valence electrons. The molecule has 0 aliphatic carbocycles. The first kappa shape index (κ1) is 14.1. The minimum atomic E-state index is -3.42. The van der Waals surface area contributed by atoms with E-state index in [1.54, 1.807) is 13.1 Å². The number of carboxylic acid groups (broad SMARTS) is 1. The van der Waals surface area contributed by atoms with Crippen LogP contribution in [0.15, 0.2) is 23.4 Å². The van der Waals surface area contributed by atoms with Crippen molar-refractivity contribution < 1.29 is 18.3 Å². The molecule has 2 unspecified atom stereocenters. The second-order valence-electron chi connectivity index (χ2n) is 5.59. The van der Waals surface area contributed by atoms with Crippen LogP contribution < -0.4 is 0 Å². The molecule has 0 radical (unpaired) electrons. The van der Waals surface area contributed by atoms with E-state index in [1.165, 1.54) is 6.20 Å². The van der Waals surface area contributed by atoms with E-state index in [9.17, 15) is 18.3 Å². The fraction of sp³-hybridized carbons (Fsp3) is 0.429. The summed E-state index contributed by atoms with van der Waals surface area (Å²) in [7, 11) is -3.42. The van der Waals surface area contributed by atoms with Crippen LogP contribution in [0.2, 0.25) is 0 Å². The summed E-state index contributed by atoms with van der Waals surface area (Å²) < 4.78 is 25.9. The average molecular weight is 308 g/mol. The number of aromatic nitrogens is 2. The zero-order valence-corrected chi connectivity index (χ0v) is 12.6. The molecule has 3 rings (SSSR count). The van der Waals surface area contributed by atoms with Gasteiger partial charge in [0.05, 0.1) is 11.4 Å². The quantitative estimate of drug-likeness (QED) is 0.931. The molecule has 0 spiro atoms. The third kappa shape index (κ3) is 2.12. The van der Waals surface area contributed by atoms with E-state index in [1.807, 2.05) is 10.6 Å². The van der Waals surface area contributed by atoms with Gasteiger partial charge in [0, 0.05) is 35.8 Å². The first-order valence-electron chi connectivity index (χ1n) is 6.71. The number of sulfone groups is 1. The standard InChI is InChI=1S/C14H16N2O4S/c1-8(14(17)18)11-4-3-10-5-9-6-15-7-12(21(2,19)20)13(9)16(10)11/h5-8,11H,3-4H2,1-2H3,(H,17,18). The van der Waals surface area contributed by atoms with Gasteiger partial charge in [-0.05, 0) is 25.8 Å². The monoisotopic (exact) mass is 308 g/mol. The Morgan fingerprint density at radius 3 is 2.81 bits per heavy atom. The molecule has 7 heteroatoms. The van der Waals surface area contributed by atoms with Gasteiger partial charge in [-0.25, -0.2) is 8.42 Å². The Kier molecular flexibility index (Phi) is 3.05. The van der Waals surface area contributed by atoms with Crippen LogP contribution in [0, 0.1) is 5.92 Å². The summed E-state index contributed by atoms with van der Waals surface area (Å²) >= 11 is 0. The van der Waals surface area contributed by atoms with Crippen molar-refractivity contribution in [1.29, 1.82) is 0 Å². The molecule has 0 saturated carbocycles. The molecule has 0 bridgehead atoms. The minimum Gasteiger partial charge on any atom is -0.481 e. The molecule has 2 aromatic heterocycles. The number of aryl methyl sites for hydroxylation is 1. The summed E-state index contributed by atoms with van der Waals surface area (Å²) in [4.78, 5) is 15.4. The molecule has 0 amide bonds. The number of hydrogen-bond acceptors (Lipinski definition) is 4. The Bertz CT molecular complexity index is 838. The van der Waals surface area contributed by atoms with E-state index in [2.05, 4.69) is 4.98 Å². The maximum atomic E-state index is 12.0. The highest BCUT2D eigenvalue weighted by Gasteiger charge is 2.33. The molecular weight excluding hydrogens is 292 g/mol. The van der Waals surface area contributed by atoms with E-state index in [-0.39, 0.29) is 10.9 Å². The lowest BCUT2D eigenvalue weighted by Crippen LogP contribution is -2.21. The first-order chi connectivity index (χ1) is 9.80. The number of rotatable bonds is 3. The smallest absolute Gasteiger partial charge is 0.308 e. The molecule has 6 nitrogen and oxygen atoms in total. The zero-order chi connectivity index (χ0) is 15.4. The number of pyridine rings is 1. The molecule has 0 aromatic carbocycles.